The first kappa shape index (κ1) is 7.37. The molecule has 0 aromatic carbocycles. The average Bonchev–Trinajstić information content (AvgIpc) is 1.83. The monoisotopic (exact) mass is 112 g/mol. The molecule has 0 amide bonds. The molecule has 0 saturated heterocycles. The van der Waals surface area contributed by atoms with E-state index in [0.717, 1.165) is 0 Å². The summed E-state index contributed by atoms with van der Waals surface area (Å²) in [5.41, 5.74) is 0. The molecule has 2 nitrogen and oxygen atoms in total. The second-order valence-electron chi connectivity index (χ2n) is 1.50. The van der Waals surface area contributed by atoms with Gasteiger partial charge in [-0.3, -0.25) is 10.3 Å². The minimum Gasteiger partial charge on any atom is -0.299 e. The lowest BCUT2D eigenvalue weighted by atomic mass is 10.6. The van der Waals surface area contributed by atoms with Gasteiger partial charge in [0, 0.05) is 6.21 Å². The van der Waals surface area contributed by atoms with Crippen molar-refractivity contribution < 1.29 is 0 Å². The van der Waals surface area contributed by atoms with Gasteiger partial charge < -0.3 is 0 Å². The zero-order chi connectivity index (χ0) is 6.41. The number of rotatable bonds is 3. The molecule has 1 unspecified atom stereocenters. The van der Waals surface area contributed by atoms with Crippen molar-refractivity contribution in [3.8, 4) is 0 Å². The van der Waals surface area contributed by atoms with E-state index in [9.17, 15) is 0 Å². The van der Waals surface area contributed by atoms with Crippen molar-refractivity contribution in [2.24, 2.45) is 4.99 Å². The van der Waals surface area contributed by atoms with Gasteiger partial charge in [0.05, 0.1) is 6.17 Å². The summed E-state index contributed by atoms with van der Waals surface area (Å²) < 4.78 is 0. The van der Waals surface area contributed by atoms with Gasteiger partial charge in [-0.05, 0) is 14.0 Å². The van der Waals surface area contributed by atoms with E-state index in [4.69, 9.17) is 0 Å². The van der Waals surface area contributed by atoms with E-state index in [-0.39, 0.29) is 6.17 Å². The lowest BCUT2D eigenvalue weighted by Crippen LogP contribution is -2.18. The van der Waals surface area contributed by atoms with Crippen molar-refractivity contribution in [3.63, 3.8) is 0 Å². The third-order valence-corrected chi connectivity index (χ3v) is 0.833. The van der Waals surface area contributed by atoms with Gasteiger partial charge >= 0.3 is 0 Å². The Morgan fingerprint density at radius 3 is 2.75 bits per heavy atom. The first-order chi connectivity index (χ1) is 3.81. The molecule has 0 aromatic rings. The lowest BCUT2D eigenvalue weighted by Gasteiger charge is -1.99. The molecule has 0 bridgehead atoms. The highest BCUT2D eigenvalue weighted by Crippen LogP contribution is 1.77. The van der Waals surface area contributed by atoms with Crippen molar-refractivity contribution in [1.82, 2.24) is 5.32 Å². The molecule has 1 atom stereocenters. The predicted octanol–water partition coefficient (Wildman–Crippen LogP) is 0.809. The van der Waals surface area contributed by atoms with Crippen molar-refractivity contribution in [2.75, 3.05) is 7.05 Å². The fourth-order valence-corrected chi connectivity index (χ4v) is 0.264. The maximum absolute atomic E-state index is 4.01. The van der Waals surface area contributed by atoms with Gasteiger partial charge in [-0.15, -0.1) is 0 Å². The highest BCUT2D eigenvalue weighted by atomic mass is 15.0. The van der Waals surface area contributed by atoms with Crippen LogP contribution in [0.3, 0.4) is 0 Å². The molecule has 0 fully saturated rings. The Hall–Kier alpha value is -0.630. The molecule has 0 heterocycles. The largest absolute Gasteiger partial charge is 0.299 e. The van der Waals surface area contributed by atoms with Crippen LogP contribution in [-0.4, -0.2) is 19.4 Å². The van der Waals surface area contributed by atoms with E-state index in [1.165, 1.54) is 0 Å². The van der Waals surface area contributed by atoms with Crippen LogP contribution in [0.1, 0.15) is 6.92 Å². The molecule has 0 aliphatic carbocycles. The molecular weight excluding hydrogens is 100 g/mol. The summed E-state index contributed by atoms with van der Waals surface area (Å²) in [6, 6.07) is 0. The summed E-state index contributed by atoms with van der Waals surface area (Å²) >= 11 is 0. The Balaban J connectivity index is 3.35. The minimum atomic E-state index is 0.202. The average molecular weight is 112 g/mol. The van der Waals surface area contributed by atoms with Gasteiger partial charge in [-0.1, -0.05) is 12.7 Å². The van der Waals surface area contributed by atoms with E-state index in [2.05, 4.69) is 16.9 Å². The number of hydrogen-bond acceptors (Lipinski definition) is 2. The molecule has 1 N–H and O–H groups in total. The normalized spacial score (nSPS) is 14.2. The van der Waals surface area contributed by atoms with Crippen molar-refractivity contribution in [2.45, 2.75) is 13.1 Å². The molecule has 46 valence electrons. The van der Waals surface area contributed by atoms with Gasteiger partial charge in [-0.25, -0.2) is 0 Å². The third kappa shape index (κ3) is 3.56. The van der Waals surface area contributed by atoms with Gasteiger partial charge in [-0.2, -0.15) is 0 Å². The number of aliphatic imine (C=N–C) groups is 1. The van der Waals surface area contributed by atoms with E-state index >= 15 is 0 Å². The van der Waals surface area contributed by atoms with Crippen LogP contribution in [0.4, 0.5) is 0 Å². The minimum absolute atomic E-state index is 0.202. The van der Waals surface area contributed by atoms with Gasteiger partial charge in [0.25, 0.3) is 0 Å². The van der Waals surface area contributed by atoms with E-state index in [1.54, 1.807) is 12.3 Å². The van der Waals surface area contributed by atoms with Crippen LogP contribution < -0.4 is 5.32 Å². The summed E-state index contributed by atoms with van der Waals surface area (Å²) in [6.07, 6.45) is 3.54. The summed E-state index contributed by atoms with van der Waals surface area (Å²) in [5.74, 6) is 0. The van der Waals surface area contributed by atoms with Crippen LogP contribution in [0.5, 0.6) is 0 Å². The lowest BCUT2D eigenvalue weighted by molar-refractivity contribution is 0.644. The third-order valence-electron chi connectivity index (χ3n) is 0.833. The Morgan fingerprint density at radius 2 is 2.38 bits per heavy atom. The first-order valence-electron chi connectivity index (χ1n) is 2.62. The summed E-state index contributed by atoms with van der Waals surface area (Å²) in [6.45, 7) is 5.46. The summed E-state index contributed by atoms with van der Waals surface area (Å²) in [5, 5.41) is 2.95. The molecule has 2 heteroatoms. The molecule has 0 rings (SSSR count). The van der Waals surface area contributed by atoms with Crippen molar-refractivity contribution in [1.29, 1.82) is 0 Å². The maximum Gasteiger partial charge on any atom is 0.0963 e. The summed E-state index contributed by atoms with van der Waals surface area (Å²) in [4.78, 5) is 4.01. The molecule has 8 heavy (non-hydrogen) atoms. The number of hydrogen-bond donors (Lipinski definition) is 1. The van der Waals surface area contributed by atoms with Crippen LogP contribution in [-0.2, 0) is 0 Å². The Kier molecular flexibility index (Phi) is 4.17. The highest BCUT2D eigenvalue weighted by molar-refractivity contribution is 5.70. The SMILES string of the molecule is C=CC=NC(C)NC. The predicted molar refractivity (Wildman–Crippen MR) is 37.2 cm³/mol. The molecule has 0 saturated carbocycles. The molecule has 0 aliphatic rings. The molecular formula is C6H12N2. The fraction of sp³-hybridized carbons (Fsp3) is 0.500. The zero-order valence-electron chi connectivity index (χ0n) is 5.39. The van der Waals surface area contributed by atoms with Gasteiger partial charge in [0.1, 0.15) is 0 Å². The molecule has 0 aliphatic heterocycles. The Labute approximate surface area is 50.3 Å². The number of allylic oxidation sites excluding steroid dienone is 1. The highest BCUT2D eigenvalue weighted by Gasteiger charge is 1.85. The second-order valence-corrected chi connectivity index (χ2v) is 1.50. The second kappa shape index (κ2) is 4.53. The van der Waals surface area contributed by atoms with E-state index in [1.807, 2.05) is 14.0 Å². The summed E-state index contributed by atoms with van der Waals surface area (Å²) in [7, 11) is 1.87. The fourth-order valence-electron chi connectivity index (χ4n) is 0.264. The Bertz CT molecular complexity index is 86.5. The van der Waals surface area contributed by atoms with Gasteiger partial charge in [0.15, 0.2) is 0 Å². The topological polar surface area (TPSA) is 24.4 Å². The van der Waals surface area contributed by atoms with Crippen LogP contribution in [0.2, 0.25) is 0 Å². The number of nitrogens with zero attached hydrogens (tertiary/aromatic N) is 1. The van der Waals surface area contributed by atoms with Crippen molar-refractivity contribution in [3.05, 3.63) is 12.7 Å². The van der Waals surface area contributed by atoms with Gasteiger partial charge in [0.2, 0.25) is 0 Å². The first-order valence-corrected chi connectivity index (χ1v) is 2.62. The Morgan fingerprint density at radius 1 is 1.75 bits per heavy atom. The number of nitrogens with one attached hydrogen (secondary N) is 1. The quantitative estimate of drug-likeness (QED) is 0.537. The maximum atomic E-state index is 4.01. The zero-order valence-corrected chi connectivity index (χ0v) is 5.39. The molecule has 0 spiro atoms. The van der Waals surface area contributed by atoms with E-state index < -0.39 is 0 Å². The van der Waals surface area contributed by atoms with Crippen LogP contribution in [0.25, 0.3) is 0 Å². The molecule has 0 aromatic heterocycles. The van der Waals surface area contributed by atoms with Crippen LogP contribution in [0, 0.1) is 0 Å². The standard InChI is InChI=1S/C6H12N2/c1-4-5-8-6(2)7-3/h4-7H,1H2,2-3H3. The van der Waals surface area contributed by atoms with E-state index in [0.29, 0.717) is 0 Å². The van der Waals surface area contributed by atoms with Crippen LogP contribution in [0.15, 0.2) is 17.6 Å². The van der Waals surface area contributed by atoms with Crippen LogP contribution >= 0.6 is 0 Å². The molecule has 0 radical (unpaired) electrons. The smallest absolute Gasteiger partial charge is 0.0963 e. The van der Waals surface area contributed by atoms with Crippen molar-refractivity contribution >= 4 is 6.21 Å².